The zero-order valence-corrected chi connectivity index (χ0v) is 8.72. The van der Waals surface area contributed by atoms with E-state index >= 15 is 0 Å². The third-order valence-electron chi connectivity index (χ3n) is 2.11. The van der Waals surface area contributed by atoms with Gasteiger partial charge in [0.1, 0.15) is 12.4 Å². The van der Waals surface area contributed by atoms with Crippen LogP contribution in [-0.2, 0) is 11.3 Å². The van der Waals surface area contributed by atoms with Crippen LogP contribution in [0.4, 0.5) is 9.18 Å². The molecular weight excluding hydrogens is 227 g/mol. The number of nitrogens with two attached hydrogens (primary N) is 1. The van der Waals surface area contributed by atoms with Gasteiger partial charge in [0.25, 0.3) is 0 Å². The number of nitrogens with zero attached hydrogens (tertiary/aromatic N) is 1. The Morgan fingerprint density at radius 2 is 2.35 bits per heavy atom. The molecule has 0 aliphatic rings. The second-order valence-corrected chi connectivity index (χ2v) is 3.29. The molecule has 1 amide bonds. The van der Waals surface area contributed by atoms with E-state index in [9.17, 15) is 9.18 Å². The van der Waals surface area contributed by atoms with Crippen LogP contribution in [0, 0.1) is 5.82 Å². The molecule has 0 saturated heterocycles. The number of hydrogen-bond acceptors (Lipinski definition) is 4. The Labute approximate surface area is 96.0 Å². The lowest BCUT2D eigenvalue weighted by atomic mass is 10.1. The molecule has 5 nitrogen and oxygen atoms in total. The van der Waals surface area contributed by atoms with Gasteiger partial charge in [-0.2, -0.15) is 0 Å². The molecule has 17 heavy (non-hydrogen) atoms. The summed E-state index contributed by atoms with van der Waals surface area (Å²) in [7, 11) is 0. The number of benzene rings is 1. The van der Waals surface area contributed by atoms with Crippen LogP contribution in [0.15, 0.2) is 35.2 Å². The van der Waals surface area contributed by atoms with E-state index < -0.39 is 11.9 Å². The molecular formula is C11H9FN2O3. The summed E-state index contributed by atoms with van der Waals surface area (Å²) in [6.45, 7) is -0.0171. The van der Waals surface area contributed by atoms with E-state index in [1.54, 1.807) is 0 Å². The van der Waals surface area contributed by atoms with Gasteiger partial charge in [-0.25, -0.2) is 14.2 Å². The van der Waals surface area contributed by atoms with Crippen LogP contribution in [-0.4, -0.2) is 11.1 Å². The molecule has 0 aliphatic carbocycles. The molecule has 0 aliphatic heterocycles. The first-order valence-electron chi connectivity index (χ1n) is 4.76. The maximum absolute atomic E-state index is 13.5. The van der Waals surface area contributed by atoms with Gasteiger partial charge >= 0.3 is 6.09 Å². The average molecular weight is 236 g/mol. The van der Waals surface area contributed by atoms with Crippen molar-refractivity contribution in [3.8, 4) is 11.3 Å². The quantitative estimate of drug-likeness (QED) is 0.884. The number of carbonyl (C=O) groups excluding carboxylic acids is 1. The molecule has 2 aromatic rings. The van der Waals surface area contributed by atoms with E-state index in [2.05, 4.69) is 9.72 Å². The highest BCUT2D eigenvalue weighted by Gasteiger charge is 2.09. The van der Waals surface area contributed by atoms with Gasteiger partial charge in [0.2, 0.25) is 0 Å². The summed E-state index contributed by atoms with van der Waals surface area (Å²) >= 11 is 0. The molecule has 0 bridgehead atoms. The van der Waals surface area contributed by atoms with Gasteiger partial charge in [-0.3, -0.25) is 0 Å². The number of hydrogen-bond donors (Lipinski definition) is 1. The van der Waals surface area contributed by atoms with Crippen LogP contribution in [0.2, 0.25) is 0 Å². The van der Waals surface area contributed by atoms with Crippen LogP contribution in [0.1, 0.15) is 5.56 Å². The Hall–Kier alpha value is -2.37. The van der Waals surface area contributed by atoms with Gasteiger partial charge in [-0.1, -0.05) is 6.07 Å². The Bertz CT molecular complexity index is 526. The summed E-state index contributed by atoms with van der Waals surface area (Å²) in [4.78, 5) is 14.2. The zero-order chi connectivity index (χ0) is 12.3. The highest BCUT2D eigenvalue weighted by molar-refractivity contribution is 5.64. The predicted molar refractivity (Wildman–Crippen MR) is 56.3 cm³/mol. The molecule has 2 N–H and O–H groups in total. The van der Waals surface area contributed by atoms with E-state index in [-0.39, 0.29) is 12.2 Å². The van der Waals surface area contributed by atoms with Crippen molar-refractivity contribution in [2.45, 2.75) is 6.61 Å². The molecule has 0 fully saturated rings. The lowest BCUT2D eigenvalue weighted by Crippen LogP contribution is -2.12. The van der Waals surface area contributed by atoms with Crippen molar-refractivity contribution in [2.75, 3.05) is 0 Å². The number of carbonyl (C=O) groups is 1. The van der Waals surface area contributed by atoms with E-state index in [0.717, 1.165) is 0 Å². The van der Waals surface area contributed by atoms with Gasteiger partial charge in [0.05, 0.1) is 11.8 Å². The first kappa shape index (κ1) is 11.1. The molecule has 0 atom stereocenters. The molecule has 88 valence electrons. The number of halogens is 1. The maximum atomic E-state index is 13.5. The van der Waals surface area contributed by atoms with Crippen molar-refractivity contribution in [3.63, 3.8) is 0 Å². The average Bonchev–Trinajstić information content (AvgIpc) is 2.81. The molecule has 1 aromatic carbocycles. The standard InChI is InChI=1S/C11H9FN2O3/c12-9-2-1-7(5-16-11(13)15)3-8(9)10-4-14-6-17-10/h1-4,6H,5H2,(H2,13,15). The number of primary amides is 1. The first-order chi connectivity index (χ1) is 8.16. The number of ether oxygens (including phenoxy) is 1. The third kappa shape index (κ3) is 2.60. The highest BCUT2D eigenvalue weighted by Crippen LogP contribution is 2.23. The lowest BCUT2D eigenvalue weighted by molar-refractivity contribution is 0.150. The van der Waals surface area contributed by atoms with Crippen molar-refractivity contribution in [1.82, 2.24) is 4.98 Å². The monoisotopic (exact) mass is 236 g/mol. The first-order valence-corrected chi connectivity index (χ1v) is 4.76. The van der Waals surface area contributed by atoms with E-state index in [1.807, 2.05) is 0 Å². The number of amides is 1. The molecule has 1 heterocycles. The second-order valence-electron chi connectivity index (χ2n) is 3.29. The van der Waals surface area contributed by atoms with E-state index in [4.69, 9.17) is 10.2 Å². The highest BCUT2D eigenvalue weighted by atomic mass is 19.1. The number of rotatable bonds is 3. The zero-order valence-electron chi connectivity index (χ0n) is 8.72. The largest absolute Gasteiger partial charge is 0.445 e. The Balaban J connectivity index is 2.27. The van der Waals surface area contributed by atoms with Crippen LogP contribution < -0.4 is 5.73 Å². The summed E-state index contributed by atoms with van der Waals surface area (Å²) in [5.41, 5.74) is 5.70. The van der Waals surface area contributed by atoms with Gasteiger partial charge in [0, 0.05) is 0 Å². The molecule has 0 radical (unpaired) electrons. The molecule has 6 heteroatoms. The van der Waals surface area contributed by atoms with Crippen LogP contribution >= 0.6 is 0 Å². The van der Waals surface area contributed by atoms with Crippen LogP contribution in [0.25, 0.3) is 11.3 Å². The Kier molecular flexibility index (Phi) is 3.04. The third-order valence-corrected chi connectivity index (χ3v) is 2.11. The fourth-order valence-corrected chi connectivity index (χ4v) is 1.35. The summed E-state index contributed by atoms with van der Waals surface area (Å²) in [6, 6.07) is 4.27. The number of aromatic nitrogens is 1. The summed E-state index contributed by atoms with van der Waals surface area (Å²) in [5, 5.41) is 0. The van der Waals surface area contributed by atoms with E-state index in [0.29, 0.717) is 11.3 Å². The Morgan fingerprint density at radius 3 is 3.00 bits per heavy atom. The van der Waals surface area contributed by atoms with E-state index in [1.165, 1.54) is 30.8 Å². The summed E-state index contributed by atoms with van der Waals surface area (Å²) < 4.78 is 23.1. The van der Waals surface area contributed by atoms with Crippen molar-refractivity contribution in [1.29, 1.82) is 0 Å². The van der Waals surface area contributed by atoms with Gasteiger partial charge in [0.15, 0.2) is 12.2 Å². The van der Waals surface area contributed by atoms with Crippen molar-refractivity contribution in [3.05, 3.63) is 42.2 Å². The SMILES string of the molecule is NC(=O)OCc1ccc(F)c(-c2cnco2)c1. The number of oxazole rings is 1. The summed E-state index contributed by atoms with van der Waals surface area (Å²) in [6.07, 6.45) is 1.73. The van der Waals surface area contributed by atoms with Gasteiger partial charge in [-0.05, 0) is 17.7 Å². The molecule has 2 rings (SSSR count). The van der Waals surface area contributed by atoms with Gasteiger partial charge < -0.3 is 14.9 Å². The maximum Gasteiger partial charge on any atom is 0.404 e. The lowest BCUT2D eigenvalue weighted by Gasteiger charge is -2.04. The van der Waals surface area contributed by atoms with Crippen molar-refractivity contribution < 1.29 is 18.3 Å². The molecule has 0 spiro atoms. The predicted octanol–water partition coefficient (Wildman–Crippen LogP) is 2.08. The normalized spacial score (nSPS) is 10.2. The van der Waals surface area contributed by atoms with Crippen LogP contribution in [0.3, 0.4) is 0 Å². The van der Waals surface area contributed by atoms with Gasteiger partial charge in [-0.15, -0.1) is 0 Å². The smallest absolute Gasteiger partial charge is 0.404 e. The van der Waals surface area contributed by atoms with Crippen LogP contribution in [0.5, 0.6) is 0 Å². The summed E-state index contributed by atoms with van der Waals surface area (Å²) in [5.74, 6) is -0.131. The topological polar surface area (TPSA) is 78.4 Å². The van der Waals surface area contributed by atoms with Crippen molar-refractivity contribution in [2.24, 2.45) is 5.73 Å². The fourth-order valence-electron chi connectivity index (χ4n) is 1.35. The fraction of sp³-hybridized carbons (Fsp3) is 0.0909. The molecule has 0 unspecified atom stereocenters. The second kappa shape index (κ2) is 4.65. The Morgan fingerprint density at radius 1 is 1.53 bits per heavy atom. The van der Waals surface area contributed by atoms with Crippen molar-refractivity contribution >= 4 is 6.09 Å². The minimum Gasteiger partial charge on any atom is -0.445 e. The minimum atomic E-state index is -0.879. The molecule has 1 aromatic heterocycles. The minimum absolute atomic E-state index is 0.0171. The molecule has 0 saturated carbocycles.